The number of amides is 1. The fourth-order valence-electron chi connectivity index (χ4n) is 3.38. The van der Waals surface area contributed by atoms with Crippen molar-refractivity contribution in [3.63, 3.8) is 0 Å². The summed E-state index contributed by atoms with van der Waals surface area (Å²) >= 11 is 0. The van der Waals surface area contributed by atoms with Crippen LogP contribution in [0.1, 0.15) is 16.1 Å². The average Bonchev–Trinajstić information content (AvgIpc) is 3.28. The molecule has 0 unspecified atom stereocenters. The van der Waals surface area contributed by atoms with Crippen LogP contribution >= 0.6 is 0 Å². The van der Waals surface area contributed by atoms with Gasteiger partial charge in [-0.05, 0) is 42.8 Å². The number of hydrogen-bond donors (Lipinski definition) is 2. The van der Waals surface area contributed by atoms with Crippen LogP contribution in [0.25, 0.3) is 16.9 Å². The molecule has 0 radical (unpaired) electrons. The maximum atomic E-state index is 13.2. The van der Waals surface area contributed by atoms with Crippen molar-refractivity contribution in [3.05, 3.63) is 84.3 Å². The van der Waals surface area contributed by atoms with Gasteiger partial charge in [-0.1, -0.05) is 24.3 Å². The summed E-state index contributed by atoms with van der Waals surface area (Å²) in [6.45, 7) is 1.89. The number of rotatable bonds is 5. The average molecular weight is 465 g/mol. The normalized spacial score (nSPS) is 11.3. The van der Waals surface area contributed by atoms with Crippen LogP contribution < -0.4 is 0 Å². The molecule has 0 aliphatic carbocycles. The lowest BCUT2D eigenvalue weighted by Crippen LogP contribution is -2.33. The number of sulfonamides is 1. The minimum atomic E-state index is -4.48. The quantitative estimate of drug-likeness (QED) is 0.465. The number of carbonyl (C=O) groups is 1. The van der Waals surface area contributed by atoms with Crippen LogP contribution in [0.4, 0.5) is 0 Å². The molecule has 10 heteroatoms. The number of hydrogen-bond acceptors (Lipinski definition) is 7. The Kier molecular flexibility index (Phi) is 5.60. The van der Waals surface area contributed by atoms with Crippen LogP contribution in [0.3, 0.4) is 0 Å². The zero-order valence-corrected chi connectivity index (χ0v) is 18.6. The third-order valence-corrected chi connectivity index (χ3v) is 6.92. The summed E-state index contributed by atoms with van der Waals surface area (Å²) in [5.74, 6) is -1.91. The van der Waals surface area contributed by atoms with Crippen LogP contribution in [0.2, 0.25) is 0 Å². The Morgan fingerprint density at radius 3 is 2.39 bits per heavy atom. The number of carbonyl (C=O) groups excluding carboxylic acids is 1. The van der Waals surface area contributed by atoms with E-state index in [4.69, 9.17) is 0 Å². The van der Waals surface area contributed by atoms with E-state index in [1.54, 1.807) is 22.9 Å². The van der Waals surface area contributed by atoms with E-state index in [-0.39, 0.29) is 17.0 Å². The monoisotopic (exact) mass is 464 g/mol. The Balaban J connectivity index is 1.82. The van der Waals surface area contributed by atoms with Gasteiger partial charge in [0, 0.05) is 24.9 Å². The van der Waals surface area contributed by atoms with Crippen molar-refractivity contribution in [3.8, 4) is 28.4 Å². The molecule has 2 heterocycles. The molecule has 2 aromatic heterocycles. The molecular formula is C23H20N4O5S. The third-order valence-electron chi connectivity index (χ3n) is 5.15. The summed E-state index contributed by atoms with van der Waals surface area (Å²) in [6, 6.07) is 15.6. The van der Waals surface area contributed by atoms with Crippen molar-refractivity contribution in [2.75, 3.05) is 7.05 Å². The van der Waals surface area contributed by atoms with Gasteiger partial charge in [-0.15, -0.1) is 0 Å². The highest BCUT2D eigenvalue weighted by atomic mass is 32.2. The number of phenols is 2. The van der Waals surface area contributed by atoms with Crippen LogP contribution in [0, 0.1) is 6.92 Å². The number of aryl methyl sites for hydroxylation is 1. The summed E-state index contributed by atoms with van der Waals surface area (Å²) in [5, 5.41) is 25.2. The second-order valence-electron chi connectivity index (χ2n) is 7.24. The Labute approximate surface area is 190 Å². The van der Waals surface area contributed by atoms with Crippen molar-refractivity contribution >= 4 is 15.9 Å². The van der Waals surface area contributed by atoms with Gasteiger partial charge >= 0.3 is 0 Å². The topological polar surface area (TPSA) is 126 Å². The van der Waals surface area contributed by atoms with Gasteiger partial charge in [-0.25, -0.2) is 17.4 Å². The second-order valence-corrected chi connectivity index (χ2v) is 9.18. The third kappa shape index (κ3) is 3.92. The minimum absolute atomic E-state index is 0.0697. The smallest absolute Gasteiger partial charge is 0.285 e. The molecule has 0 spiro atoms. The van der Waals surface area contributed by atoms with Crippen LogP contribution in [-0.4, -0.2) is 50.7 Å². The van der Waals surface area contributed by atoms with Crippen molar-refractivity contribution in [2.45, 2.75) is 11.8 Å². The molecule has 1 amide bonds. The molecular weight excluding hydrogens is 444 g/mol. The van der Waals surface area contributed by atoms with E-state index in [2.05, 4.69) is 10.1 Å². The molecule has 0 atom stereocenters. The highest BCUT2D eigenvalue weighted by Crippen LogP contribution is 2.38. The summed E-state index contributed by atoms with van der Waals surface area (Å²) in [6.07, 6.45) is 2.88. The Morgan fingerprint density at radius 2 is 1.70 bits per heavy atom. The number of nitrogens with zero attached hydrogens (tertiary/aromatic N) is 4. The first-order valence-corrected chi connectivity index (χ1v) is 11.3. The standard InChI is InChI=1S/C23H20N4O5S/c1-15-7-3-4-9-18(15)27-19(10-12-25-27)16-13-22(21(29)14-20(16)28)33(31,32)26(2)23(30)17-8-5-6-11-24-17/h3-14,28-29H,1-2H3. The van der Waals surface area contributed by atoms with E-state index in [1.165, 1.54) is 18.5 Å². The van der Waals surface area contributed by atoms with Gasteiger partial charge in [-0.3, -0.25) is 9.78 Å². The van der Waals surface area contributed by atoms with Gasteiger partial charge in [0.1, 0.15) is 22.1 Å². The minimum Gasteiger partial charge on any atom is -0.507 e. The van der Waals surface area contributed by atoms with Crippen molar-refractivity contribution < 1.29 is 23.4 Å². The molecule has 4 aromatic rings. The van der Waals surface area contributed by atoms with Gasteiger partial charge in [-0.2, -0.15) is 5.10 Å². The second kappa shape index (κ2) is 8.40. The molecule has 0 saturated carbocycles. The zero-order valence-electron chi connectivity index (χ0n) is 17.7. The van der Waals surface area contributed by atoms with E-state index >= 15 is 0 Å². The van der Waals surface area contributed by atoms with Gasteiger partial charge in [0.25, 0.3) is 15.9 Å². The molecule has 0 bridgehead atoms. The SMILES string of the molecule is Cc1ccccc1-n1nccc1-c1cc(S(=O)(=O)N(C)C(=O)c2ccccn2)c(O)cc1O. The predicted molar refractivity (Wildman–Crippen MR) is 121 cm³/mol. The van der Waals surface area contributed by atoms with E-state index in [1.807, 2.05) is 31.2 Å². The van der Waals surface area contributed by atoms with E-state index in [0.29, 0.717) is 10.00 Å². The first-order valence-electron chi connectivity index (χ1n) is 9.82. The number of phenolic OH excluding ortho intramolecular Hbond substituents is 2. The number of aromatic nitrogens is 3. The fraction of sp³-hybridized carbons (Fsp3) is 0.0870. The molecule has 9 nitrogen and oxygen atoms in total. The van der Waals surface area contributed by atoms with Gasteiger partial charge in [0.05, 0.1) is 17.6 Å². The number of para-hydroxylation sites is 1. The zero-order chi connectivity index (χ0) is 23.8. The number of pyridine rings is 1. The summed E-state index contributed by atoms with van der Waals surface area (Å²) < 4.78 is 28.5. The Morgan fingerprint density at radius 1 is 0.970 bits per heavy atom. The lowest BCUT2D eigenvalue weighted by Gasteiger charge is -2.19. The summed E-state index contributed by atoms with van der Waals surface area (Å²) in [5.41, 5.74) is 2.09. The summed E-state index contributed by atoms with van der Waals surface area (Å²) in [4.78, 5) is 16.0. The predicted octanol–water partition coefficient (Wildman–Crippen LogP) is 3.11. The van der Waals surface area contributed by atoms with Crippen LogP contribution in [0.5, 0.6) is 11.5 Å². The van der Waals surface area contributed by atoms with Crippen molar-refractivity contribution in [1.82, 2.24) is 19.1 Å². The van der Waals surface area contributed by atoms with E-state index in [9.17, 15) is 23.4 Å². The van der Waals surface area contributed by atoms with Crippen LogP contribution in [-0.2, 0) is 10.0 Å². The highest BCUT2D eigenvalue weighted by molar-refractivity contribution is 7.89. The number of benzene rings is 2. The molecule has 0 aliphatic heterocycles. The fourth-order valence-corrected chi connectivity index (χ4v) is 4.57. The first kappa shape index (κ1) is 22.0. The van der Waals surface area contributed by atoms with Crippen LogP contribution in [0.15, 0.2) is 78.0 Å². The molecule has 0 saturated heterocycles. The maximum absolute atomic E-state index is 13.2. The highest BCUT2D eigenvalue weighted by Gasteiger charge is 2.31. The van der Waals surface area contributed by atoms with Gasteiger partial charge in [0.2, 0.25) is 0 Å². The molecule has 0 aliphatic rings. The molecule has 4 rings (SSSR count). The van der Waals surface area contributed by atoms with Gasteiger partial charge in [0.15, 0.2) is 0 Å². The molecule has 0 fully saturated rings. The van der Waals surface area contributed by atoms with E-state index in [0.717, 1.165) is 30.4 Å². The van der Waals surface area contributed by atoms with Gasteiger partial charge < -0.3 is 10.2 Å². The molecule has 33 heavy (non-hydrogen) atoms. The van der Waals surface area contributed by atoms with E-state index < -0.39 is 26.6 Å². The molecule has 2 aromatic carbocycles. The molecule has 168 valence electrons. The Bertz CT molecular complexity index is 1450. The lowest BCUT2D eigenvalue weighted by atomic mass is 10.1. The van der Waals surface area contributed by atoms with Crippen molar-refractivity contribution in [2.24, 2.45) is 0 Å². The first-order chi connectivity index (χ1) is 15.7. The molecule has 2 N–H and O–H groups in total. The van der Waals surface area contributed by atoms with Crippen molar-refractivity contribution in [1.29, 1.82) is 0 Å². The largest absolute Gasteiger partial charge is 0.507 e. The summed E-state index contributed by atoms with van der Waals surface area (Å²) in [7, 11) is -3.40. The maximum Gasteiger partial charge on any atom is 0.285 e. The number of aromatic hydroxyl groups is 2. The lowest BCUT2D eigenvalue weighted by molar-refractivity contribution is 0.0877. The Hall–Kier alpha value is -4.18.